The Morgan fingerprint density at radius 3 is 2.21 bits per heavy atom. The maximum Gasteiger partial charge on any atom is 0.293 e. The number of nitrogens with zero attached hydrogens (tertiary/aromatic N) is 2. The highest BCUT2D eigenvalue weighted by Crippen LogP contribution is 2.39. The van der Waals surface area contributed by atoms with Crippen molar-refractivity contribution in [1.29, 1.82) is 0 Å². The lowest BCUT2D eigenvalue weighted by atomic mass is 10.1. The third-order valence-electron chi connectivity index (χ3n) is 5.35. The van der Waals surface area contributed by atoms with E-state index in [-0.39, 0.29) is 24.2 Å². The first kappa shape index (κ1) is 38.6. The number of Topliss-reactive ketones (excluding diaryl/α,β-unsaturated/α-hetero) is 1. The number of benzene rings is 2. The fraction of sp³-hybridized carbons (Fsp3) is 0.412. The normalized spacial score (nSPS) is 13.1. The minimum absolute atomic E-state index is 0.0416. The second-order valence-electron chi connectivity index (χ2n) is 9.13. The Kier molecular flexibility index (Phi) is 20.8. The van der Waals surface area contributed by atoms with Crippen molar-refractivity contribution in [2.75, 3.05) is 20.2 Å². The lowest BCUT2D eigenvalue weighted by Crippen LogP contribution is -2.29. The lowest BCUT2D eigenvalue weighted by molar-refractivity contribution is -0.128. The molecule has 0 spiro atoms. The molecule has 1 amide bonds. The Labute approximate surface area is 256 Å². The van der Waals surface area contributed by atoms with Gasteiger partial charge in [0.05, 0.1) is 31.6 Å². The van der Waals surface area contributed by atoms with Gasteiger partial charge in [0.1, 0.15) is 18.1 Å². The summed E-state index contributed by atoms with van der Waals surface area (Å²) in [6.07, 6.45) is 4.03. The molecule has 4 rings (SSSR count). The highest BCUT2D eigenvalue weighted by atomic mass is 16.5. The molecule has 43 heavy (non-hydrogen) atoms. The Balaban J connectivity index is 0.00000116. The summed E-state index contributed by atoms with van der Waals surface area (Å²) < 4.78 is 10.2. The number of aryl methyl sites for hydroxylation is 1. The molecule has 1 heterocycles. The van der Waals surface area contributed by atoms with E-state index in [1.807, 2.05) is 69.3 Å². The Morgan fingerprint density at radius 2 is 1.67 bits per heavy atom. The lowest BCUT2D eigenvalue weighted by Gasteiger charge is -2.10. The number of nitrogens with one attached hydrogen (secondary N) is 1. The van der Waals surface area contributed by atoms with E-state index < -0.39 is 0 Å². The summed E-state index contributed by atoms with van der Waals surface area (Å²) >= 11 is 0. The van der Waals surface area contributed by atoms with Gasteiger partial charge >= 0.3 is 0 Å². The molecule has 1 saturated carbocycles. The number of aromatic nitrogens is 1. The molecule has 0 radical (unpaired) electrons. The van der Waals surface area contributed by atoms with Gasteiger partial charge in [0.15, 0.2) is 0 Å². The molecule has 1 aromatic heterocycles. The third kappa shape index (κ3) is 16.0. The molecule has 1 aliphatic rings. The molecule has 1 aliphatic carbocycles. The molecule has 1 atom stereocenters. The summed E-state index contributed by atoms with van der Waals surface area (Å²) in [6, 6.07) is 18.0. The van der Waals surface area contributed by atoms with Gasteiger partial charge in [-0.05, 0) is 57.0 Å². The molecule has 1 unspecified atom stereocenters. The second kappa shape index (κ2) is 23.2. The third-order valence-corrected chi connectivity index (χ3v) is 5.35. The number of para-hydroxylation sites is 1. The zero-order valence-corrected chi connectivity index (χ0v) is 26.8. The number of carbonyl (C=O) groups is 3. The van der Waals surface area contributed by atoms with Crippen molar-refractivity contribution >= 4 is 35.1 Å². The van der Waals surface area contributed by atoms with Crippen LogP contribution in [-0.4, -0.2) is 43.3 Å². The van der Waals surface area contributed by atoms with E-state index in [4.69, 9.17) is 9.64 Å². The average Bonchev–Trinajstić information content (AvgIpc) is 3.77. The van der Waals surface area contributed by atoms with E-state index in [0.29, 0.717) is 19.7 Å². The van der Waals surface area contributed by atoms with Crippen LogP contribution in [0.15, 0.2) is 65.3 Å². The molecular weight excluding hydrogens is 546 g/mol. The number of rotatable bonds is 9. The van der Waals surface area contributed by atoms with E-state index in [0.717, 1.165) is 45.5 Å². The molecule has 0 aliphatic heterocycles. The zero-order chi connectivity index (χ0) is 32.6. The second-order valence-corrected chi connectivity index (χ2v) is 9.13. The molecule has 234 valence electrons. The number of nitroso groups, excluding NO2 is 1. The minimum atomic E-state index is -0.108. The number of carbonyl (C=O) groups excluding carboxylic acids is 3. The first-order valence-electron chi connectivity index (χ1n) is 14.6. The maximum absolute atomic E-state index is 12.0. The van der Waals surface area contributed by atoms with E-state index in [2.05, 4.69) is 46.2 Å². The van der Waals surface area contributed by atoms with Gasteiger partial charge in [-0.25, -0.2) is 0 Å². The smallest absolute Gasteiger partial charge is 0.293 e. The van der Waals surface area contributed by atoms with Gasteiger partial charge < -0.3 is 14.8 Å². The molecule has 0 saturated heterocycles. The fourth-order valence-corrected chi connectivity index (χ4v) is 3.55. The first-order chi connectivity index (χ1) is 20.7. The van der Waals surface area contributed by atoms with E-state index in [9.17, 15) is 14.4 Å². The van der Waals surface area contributed by atoms with Crippen LogP contribution in [0.2, 0.25) is 0 Å². The number of fused-ring (bicyclic) bond motifs is 1. The van der Waals surface area contributed by atoms with Gasteiger partial charge in [0, 0.05) is 16.6 Å². The fourth-order valence-electron chi connectivity index (χ4n) is 3.55. The Bertz CT molecular complexity index is 1290. The molecule has 9 heteroatoms. The monoisotopic (exact) mass is 593 g/mol. The molecule has 0 bridgehead atoms. The number of pyridine rings is 1. The van der Waals surface area contributed by atoms with Crippen LogP contribution in [0.5, 0.6) is 5.75 Å². The molecule has 9 nitrogen and oxygen atoms in total. The zero-order valence-electron chi connectivity index (χ0n) is 26.8. The van der Waals surface area contributed by atoms with E-state index in [1.54, 1.807) is 6.92 Å². The van der Waals surface area contributed by atoms with Crippen molar-refractivity contribution in [1.82, 2.24) is 10.3 Å². The molecule has 2 aromatic carbocycles. The summed E-state index contributed by atoms with van der Waals surface area (Å²) in [6.45, 7) is 14.9. The SMILES string of the molecule is CC.CC(=O)CNC(=O)C1C/C1=C/c1ccc(OCc2cc(C)nc3ccccc23)cc1.CCC.CCOC=O.CN=O. The summed E-state index contributed by atoms with van der Waals surface area (Å²) in [5, 5.41) is 6.02. The average molecular weight is 594 g/mol. The van der Waals surface area contributed by atoms with Crippen LogP contribution in [0.3, 0.4) is 0 Å². The van der Waals surface area contributed by atoms with Crippen LogP contribution in [0.4, 0.5) is 0 Å². The van der Waals surface area contributed by atoms with Gasteiger partial charge in [-0.3, -0.25) is 19.4 Å². The Morgan fingerprint density at radius 1 is 1.07 bits per heavy atom. The molecule has 1 N–H and O–H groups in total. The van der Waals surface area contributed by atoms with Gasteiger partial charge in [-0.15, -0.1) is 0 Å². The van der Waals surface area contributed by atoms with Crippen LogP contribution in [0, 0.1) is 17.7 Å². The van der Waals surface area contributed by atoms with Crippen LogP contribution in [0.1, 0.15) is 71.2 Å². The van der Waals surface area contributed by atoms with Crippen molar-refractivity contribution in [3.63, 3.8) is 0 Å². The van der Waals surface area contributed by atoms with Crippen molar-refractivity contribution in [2.24, 2.45) is 11.1 Å². The predicted molar refractivity (Wildman–Crippen MR) is 174 cm³/mol. The maximum atomic E-state index is 12.0. The molecule has 3 aromatic rings. The van der Waals surface area contributed by atoms with Gasteiger partial charge in [0.25, 0.3) is 6.47 Å². The summed E-state index contributed by atoms with van der Waals surface area (Å²) in [5.41, 5.74) is 5.18. The van der Waals surface area contributed by atoms with Crippen molar-refractivity contribution in [3.05, 3.63) is 81.9 Å². The van der Waals surface area contributed by atoms with E-state index in [1.165, 1.54) is 20.4 Å². The van der Waals surface area contributed by atoms with Crippen LogP contribution in [-0.2, 0) is 25.7 Å². The summed E-state index contributed by atoms with van der Waals surface area (Å²) in [5.74, 6) is 0.571. The molecular formula is C34H47N3O6. The largest absolute Gasteiger partial charge is 0.489 e. The highest BCUT2D eigenvalue weighted by Gasteiger charge is 2.36. The summed E-state index contributed by atoms with van der Waals surface area (Å²) in [4.78, 5) is 45.3. The van der Waals surface area contributed by atoms with Gasteiger partial charge in [0.2, 0.25) is 5.91 Å². The van der Waals surface area contributed by atoms with Crippen molar-refractivity contribution in [2.45, 2.75) is 67.9 Å². The van der Waals surface area contributed by atoms with Crippen LogP contribution in [0.25, 0.3) is 17.0 Å². The first-order valence-corrected chi connectivity index (χ1v) is 14.6. The van der Waals surface area contributed by atoms with Crippen molar-refractivity contribution in [3.8, 4) is 5.75 Å². The molecule has 1 fully saturated rings. The quantitative estimate of drug-likeness (QED) is 0.205. The van der Waals surface area contributed by atoms with Crippen molar-refractivity contribution < 1.29 is 23.9 Å². The predicted octanol–water partition coefficient (Wildman–Crippen LogP) is 7.24. The van der Waals surface area contributed by atoms with Crippen LogP contribution < -0.4 is 10.1 Å². The number of hydrogen-bond acceptors (Lipinski definition) is 8. The number of hydrogen-bond donors (Lipinski definition) is 1. The Hall–Kier alpha value is -4.40. The number of ketones is 1. The standard InChI is InChI=1S/C25H24N2O3.C3H6O2.C3H8.C2H6.CH3NO/c1-16-11-20(22-5-3-4-6-24(22)27-16)15-30-21-9-7-18(8-10-21)12-19-13-23(19)25(29)26-14-17(2)28;1-2-5-3-4;1-3-2;1-2;1-2-3/h3-12,23H,13-15H2,1-2H3,(H,26,29);3H,2H2,1H3;3H2,1-2H3;1-2H3;1H3/b19-12-;;;;. The number of ether oxygens (including phenoxy) is 2. The van der Waals surface area contributed by atoms with Gasteiger partial charge in [-0.2, -0.15) is 4.91 Å². The summed E-state index contributed by atoms with van der Waals surface area (Å²) in [7, 11) is 1.19. The number of amides is 1. The van der Waals surface area contributed by atoms with Gasteiger partial charge in [-0.1, -0.05) is 81.3 Å². The van der Waals surface area contributed by atoms with Crippen LogP contribution >= 0.6 is 0 Å². The minimum Gasteiger partial charge on any atom is -0.489 e. The topological polar surface area (TPSA) is 124 Å². The highest BCUT2D eigenvalue weighted by molar-refractivity contribution is 5.91. The van der Waals surface area contributed by atoms with E-state index >= 15 is 0 Å².